The average Bonchev–Trinajstić information content (AvgIpc) is 3.02. The molecule has 0 saturated carbocycles. The van der Waals surface area contributed by atoms with Crippen molar-refractivity contribution in [3.05, 3.63) is 16.7 Å². The molecule has 3 rings (SSSR count). The van der Waals surface area contributed by atoms with E-state index >= 15 is 0 Å². The number of nitrogens with zero attached hydrogens (tertiary/aromatic N) is 4. The smallest absolute Gasteiger partial charge is 0.304 e. The van der Waals surface area contributed by atoms with Gasteiger partial charge in [-0.1, -0.05) is 0 Å². The molecule has 2 aromatic rings. The summed E-state index contributed by atoms with van der Waals surface area (Å²) in [6.45, 7) is 3.47. The quantitative estimate of drug-likeness (QED) is 0.721. The molecule has 24 heavy (non-hydrogen) atoms. The summed E-state index contributed by atoms with van der Waals surface area (Å²) in [5.41, 5.74) is -0.454. The molecule has 0 bridgehead atoms. The molecule has 2 atom stereocenters. The molecule has 0 fully saturated rings. The number of carbonyl (C=O) groups excluding carboxylic acids is 3. The zero-order valence-electron chi connectivity index (χ0n) is 13.0. The van der Waals surface area contributed by atoms with Gasteiger partial charge in [0.25, 0.3) is 5.56 Å². The van der Waals surface area contributed by atoms with Crippen molar-refractivity contribution < 1.29 is 23.9 Å². The number of ether oxygens (including phenoxy) is 2. The van der Waals surface area contributed by atoms with Crippen molar-refractivity contribution in [3.8, 4) is 0 Å². The lowest BCUT2D eigenvalue weighted by molar-refractivity contribution is -0.171. The van der Waals surface area contributed by atoms with Crippen LogP contribution in [-0.2, 0) is 23.9 Å². The molecular formula is C13H13N5O6. The van der Waals surface area contributed by atoms with Gasteiger partial charge in [-0.05, 0) is 0 Å². The van der Waals surface area contributed by atoms with Crippen molar-refractivity contribution in [3.63, 3.8) is 0 Å². The van der Waals surface area contributed by atoms with E-state index in [1.165, 1.54) is 13.3 Å². The highest BCUT2D eigenvalue weighted by atomic mass is 16.6. The zero-order valence-corrected chi connectivity index (χ0v) is 13.0. The maximum Gasteiger partial charge on any atom is 0.304 e. The van der Waals surface area contributed by atoms with Gasteiger partial charge in [-0.2, -0.15) is 4.98 Å². The second-order valence-electron chi connectivity index (χ2n) is 5.08. The zero-order chi connectivity index (χ0) is 17.6. The first-order valence-corrected chi connectivity index (χ1v) is 6.91. The Kier molecular flexibility index (Phi) is 3.55. The Morgan fingerprint density at radius 1 is 1.12 bits per heavy atom. The van der Waals surface area contributed by atoms with Crippen molar-refractivity contribution in [2.24, 2.45) is 0 Å². The lowest BCUT2D eigenvalue weighted by Gasteiger charge is -2.24. The van der Waals surface area contributed by atoms with Gasteiger partial charge in [0, 0.05) is 20.8 Å². The van der Waals surface area contributed by atoms with Crippen LogP contribution in [0.25, 0.3) is 11.2 Å². The molecule has 0 radical (unpaired) electrons. The summed E-state index contributed by atoms with van der Waals surface area (Å²) >= 11 is 0. The SMILES string of the molecule is CC(=O)OC1C(OC(C)=O)n2c(nc3nc[nH]c3c2=O)N1C(C)=O. The maximum absolute atomic E-state index is 12.7. The standard InChI is InChI=1S/C13H13N5O6/c1-5(19)17-11(23-6(2)20)12(24-7(3)21)18-10(22)8-9(15-4-14-8)16-13(17)18/h4,11-12H,1-3H3,(H,14,15). The normalized spacial score (nSPS) is 19.2. The molecule has 3 heterocycles. The molecule has 2 aromatic heterocycles. The van der Waals surface area contributed by atoms with Crippen LogP contribution in [0.5, 0.6) is 0 Å². The second-order valence-corrected chi connectivity index (χ2v) is 5.08. The van der Waals surface area contributed by atoms with Gasteiger partial charge < -0.3 is 14.5 Å². The van der Waals surface area contributed by atoms with Gasteiger partial charge in [0.05, 0.1) is 6.33 Å². The van der Waals surface area contributed by atoms with Gasteiger partial charge >= 0.3 is 11.9 Å². The monoisotopic (exact) mass is 335 g/mol. The van der Waals surface area contributed by atoms with E-state index in [4.69, 9.17) is 9.47 Å². The summed E-state index contributed by atoms with van der Waals surface area (Å²) in [4.78, 5) is 59.1. The van der Waals surface area contributed by atoms with Gasteiger partial charge in [-0.25, -0.2) is 14.5 Å². The Balaban J connectivity index is 2.27. The molecule has 0 aromatic carbocycles. The molecule has 126 valence electrons. The highest BCUT2D eigenvalue weighted by molar-refractivity contribution is 5.92. The number of nitrogens with one attached hydrogen (secondary N) is 1. The van der Waals surface area contributed by atoms with Gasteiger partial charge in [0.2, 0.25) is 24.3 Å². The summed E-state index contributed by atoms with van der Waals surface area (Å²) in [6.07, 6.45) is -1.41. The van der Waals surface area contributed by atoms with Crippen LogP contribution in [0.3, 0.4) is 0 Å². The fourth-order valence-corrected chi connectivity index (χ4v) is 2.54. The topological polar surface area (TPSA) is 136 Å². The van der Waals surface area contributed by atoms with E-state index < -0.39 is 35.9 Å². The summed E-state index contributed by atoms with van der Waals surface area (Å²) in [7, 11) is 0. The van der Waals surface area contributed by atoms with Crippen molar-refractivity contribution >= 4 is 35.0 Å². The van der Waals surface area contributed by atoms with E-state index in [0.717, 1.165) is 23.3 Å². The van der Waals surface area contributed by atoms with Crippen LogP contribution < -0.4 is 10.5 Å². The predicted molar refractivity (Wildman–Crippen MR) is 77.7 cm³/mol. The predicted octanol–water partition coefficient (Wildman–Crippen LogP) is -0.563. The van der Waals surface area contributed by atoms with Crippen molar-refractivity contribution in [2.45, 2.75) is 33.2 Å². The third-order valence-electron chi connectivity index (χ3n) is 3.35. The second kappa shape index (κ2) is 5.44. The number of H-pyrrole nitrogens is 1. The number of amides is 1. The highest BCUT2D eigenvalue weighted by Crippen LogP contribution is 2.34. The minimum absolute atomic E-state index is 0.0721. The molecule has 2 unspecified atom stereocenters. The van der Waals surface area contributed by atoms with E-state index in [0.29, 0.717) is 0 Å². The Morgan fingerprint density at radius 3 is 2.33 bits per heavy atom. The van der Waals surface area contributed by atoms with Crippen LogP contribution in [0.1, 0.15) is 27.0 Å². The van der Waals surface area contributed by atoms with Gasteiger partial charge in [-0.15, -0.1) is 0 Å². The summed E-state index contributed by atoms with van der Waals surface area (Å²) < 4.78 is 11.2. The lowest BCUT2D eigenvalue weighted by Crippen LogP contribution is -2.42. The van der Waals surface area contributed by atoms with Crippen LogP contribution in [-0.4, -0.2) is 43.6 Å². The number of imidazole rings is 1. The van der Waals surface area contributed by atoms with Crippen LogP contribution >= 0.6 is 0 Å². The third kappa shape index (κ3) is 2.30. The molecule has 11 nitrogen and oxygen atoms in total. The van der Waals surface area contributed by atoms with E-state index in [2.05, 4.69) is 15.0 Å². The molecule has 0 saturated heterocycles. The number of carbonyl (C=O) groups is 3. The van der Waals surface area contributed by atoms with Gasteiger partial charge in [-0.3, -0.25) is 19.2 Å². The molecule has 1 N–H and O–H groups in total. The molecule has 1 amide bonds. The van der Waals surface area contributed by atoms with E-state index in [1.54, 1.807) is 0 Å². The van der Waals surface area contributed by atoms with Crippen molar-refractivity contribution in [1.82, 2.24) is 19.5 Å². The van der Waals surface area contributed by atoms with Crippen LogP contribution in [0, 0.1) is 0 Å². The largest absolute Gasteiger partial charge is 0.435 e. The van der Waals surface area contributed by atoms with Crippen LogP contribution in [0.15, 0.2) is 11.1 Å². The first-order chi connectivity index (χ1) is 11.3. The highest BCUT2D eigenvalue weighted by Gasteiger charge is 2.47. The summed E-state index contributed by atoms with van der Waals surface area (Å²) in [5, 5.41) is 0. The fourth-order valence-electron chi connectivity index (χ4n) is 2.54. The number of hydrogen-bond donors (Lipinski definition) is 1. The molecule has 1 aliphatic heterocycles. The van der Waals surface area contributed by atoms with E-state index in [9.17, 15) is 19.2 Å². The molecule has 0 spiro atoms. The Hall–Kier alpha value is -3.24. The number of aromatic nitrogens is 4. The van der Waals surface area contributed by atoms with Crippen molar-refractivity contribution in [1.29, 1.82) is 0 Å². The molecule has 1 aliphatic rings. The van der Waals surface area contributed by atoms with E-state index in [-0.39, 0.29) is 17.1 Å². The maximum atomic E-state index is 12.7. The summed E-state index contributed by atoms with van der Waals surface area (Å²) in [6, 6.07) is 0. The number of aromatic amines is 1. The van der Waals surface area contributed by atoms with Crippen LogP contribution in [0.4, 0.5) is 5.95 Å². The van der Waals surface area contributed by atoms with E-state index in [1.807, 2.05) is 0 Å². The molecular weight excluding hydrogens is 322 g/mol. The number of hydrogen-bond acceptors (Lipinski definition) is 8. The van der Waals surface area contributed by atoms with Gasteiger partial charge in [0.1, 0.15) is 0 Å². The fraction of sp³-hybridized carbons (Fsp3) is 0.385. The first kappa shape index (κ1) is 15.6. The Labute approximate surface area is 134 Å². The van der Waals surface area contributed by atoms with Crippen LogP contribution in [0.2, 0.25) is 0 Å². The average molecular weight is 335 g/mol. The minimum atomic E-state index is -1.35. The Morgan fingerprint density at radius 2 is 1.75 bits per heavy atom. The number of rotatable bonds is 2. The lowest BCUT2D eigenvalue weighted by atomic mass is 10.4. The molecule has 11 heteroatoms. The number of fused-ring (bicyclic) bond motifs is 2. The number of esters is 2. The first-order valence-electron chi connectivity index (χ1n) is 6.91. The Bertz CT molecular complexity index is 915. The van der Waals surface area contributed by atoms with Gasteiger partial charge in [0.15, 0.2) is 11.2 Å². The third-order valence-corrected chi connectivity index (χ3v) is 3.35. The number of anilines is 1. The minimum Gasteiger partial charge on any atom is -0.435 e. The summed E-state index contributed by atoms with van der Waals surface area (Å²) in [5.74, 6) is -2.10. The van der Waals surface area contributed by atoms with Crippen molar-refractivity contribution in [2.75, 3.05) is 4.90 Å². The molecule has 0 aliphatic carbocycles.